The van der Waals surface area contributed by atoms with Gasteiger partial charge in [-0.1, -0.05) is 36.6 Å². The van der Waals surface area contributed by atoms with Crippen molar-refractivity contribution in [2.24, 2.45) is 5.73 Å². The van der Waals surface area contributed by atoms with E-state index in [9.17, 15) is 17.6 Å². The molecule has 3 N–H and O–H groups in total. The first-order chi connectivity index (χ1) is 17.6. The number of halogens is 4. The number of rotatable bonds is 6. The van der Waals surface area contributed by atoms with Crippen molar-refractivity contribution in [2.45, 2.75) is 43.4 Å². The van der Waals surface area contributed by atoms with Gasteiger partial charge in [-0.05, 0) is 77.1 Å². The average molecular weight is 543 g/mol. The highest BCUT2D eigenvalue weighted by Gasteiger charge is 2.31. The summed E-state index contributed by atoms with van der Waals surface area (Å²) >= 11 is 0. The van der Waals surface area contributed by atoms with E-state index in [2.05, 4.69) is 11.6 Å². The van der Waals surface area contributed by atoms with Crippen LogP contribution >= 0.6 is 10.5 Å². The summed E-state index contributed by atoms with van der Waals surface area (Å²) in [5.74, 6) is 0.605. The smallest absolute Gasteiger partial charge is 0.416 e. The minimum Gasteiger partial charge on any atom is -0.457 e. The Bertz CT molecular complexity index is 1130. The van der Waals surface area contributed by atoms with Gasteiger partial charge in [0.05, 0.1) is 5.56 Å². The van der Waals surface area contributed by atoms with Crippen LogP contribution < -0.4 is 15.2 Å². The number of alkyl halides is 3. The summed E-state index contributed by atoms with van der Waals surface area (Å²) in [6.07, 6.45) is -0.485. The highest BCUT2D eigenvalue weighted by molar-refractivity contribution is 8.27. The molecule has 1 saturated heterocycles. The maximum atomic E-state index is 13.3. The van der Waals surface area contributed by atoms with Crippen molar-refractivity contribution in [3.8, 4) is 11.5 Å². The van der Waals surface area contributed by atoms with Crippen LogP contribution in [0.1, 0.15) is 30.9 Å². The third-order valence-corrected chi connectivity index (χ3v) is 7.57. The van der Waals surface area contributed by atoms with Crippen LogP contribution in [-0.2, 0) is 27.0 Å². The second-order valence-corrected chi connectivity index (χ2v) is 10.8. The average Bonchev–Trinajstić information content (AvgIpc) is 3.06. The molecular formula is C26H30F4N2O4S. The highest BCUT2D eigenvalue weighted by atomic mass is 32.3. The molecule has 0 saturated carbocycles. The lowest BCUT2D eigenvalue weighted by Gasteiger charge is -2.34. The van der Waals surface area contributed by atoms with Gasteiger partial charge in [0.2, 0.25) is 0 Å². The lowest BCUT2D eigenvalue weighted by Crippen LogP contribution is -2.33. The molecule has 6 nitrogen and oxygen atoms in total. The number of ether oxygens (including phenoxy) is 1. The normalized spacial score (nSPS) is 21.6. The van der Waals surface area contributed by atoms with Crippen LogP contribution in [0.3, 0.4) is 0 Å². The zero-order valence-corrected chi connectivity index (χ0v) is 21.3. The van der Waals surface area contributed by atoms with Crippen molar-refractivity contribution in [1.29, 1.82) is 0 Å². The van der Waals surface area contributed by atoms with Gasteiger partial charge in [-0.2, -0.15) is 13.2 Å². The molecule has 0 spiro atoms. The van der Waals surface area contributed by atoms with Crippen molar-refractivity contribution < 1.29 is 36.6 Å². The Morgan fingerprint density at radius 1 is 1.03 bits per heavy atom. The van der Waals surface area contributed by atoms with Gasteiger partial charge in [0.15, 0.2) is 0 Å². The Morgan fingerprint density at radius 2 is 1.76 bits per heavy atom. The molecule has 4 rings (SSSR count). The molecule has 0 aliphatic carbocycles. The van der Waals surface area contributed by atoms with E-state index in [-0.39, 0.29) is 11.9 Å². The summed E-state index contributed by atoms with van der Waals surface area (Å²) < 4.78 is 64.6. The summed E-state index contributed by atoms with van der Waals surface area (Å²) in [4.78, 5) is 5.69. The molecule has 0 bridgehead atoms. The zero-order valence-electron chi connectivity index (χ0n) is 20.5. The van der Waals surface area contributed by atoms with E-state index in [1.54, 1.807) is 24.3 Å². The number of nitrogens with one attached hydrogen (secondary N) is 1. The van der Waals surface area contributed by atoms with E-state index in [1.165, 1.54) is 24.3 Å². The first-order valence-electron chi connectivity index (χ1n) is 11.6. The van der Waals surface area contributed by atoms with Crippen LogP contribution in [0, 0.1) is 5.82 Å². The van der Waals surface area contributed by atoms with Gasteiger partial charge in [0.25, 0.3) is 0 Å². The Kier molecular flexibility index (Phi) is 10.3. The van der Waals surface area contributed by atoms with Crippen molar-refractivity contribution in [3.63, 3.8) is 0 Å². The Labute approximate surface area is 215 Å². The molecule has 0 radical (unpaired) electrons. The van der Waals surface area contributed by atoms with Crippen molar-refractivity contribution in [2.75, 3.05) is 12.9 Å². The molecule has 1 aliphatic rings. The molecule has 0 amide bonds. The van der Waals surface area contributed by atoms with Crippen LogP contribution in [0.25, 0.3) is 0 Å². The van der Waals surface area contributed by atoms with Gasteiger partial charge < -0.3 is 10.5 Å². The summed E-state index contributed by atoms with van der Waals surface area (Å²) in [6, 6.07) is 18.1. The van der Waals surface area contributed by atoms with Crippen LogP contribution in [0.4, 0.5) is 17.6 Å². The summed E-state index contributed by atoms with van der Waals surface area (Å²) in [6.45, 7) is 2.90. The van der Waals surface area contributed by atoms with Gasteiger partial charge >= 0.3 is 6.18 Å². The Balaban J connectivity index is 0.000000206. The third kappa shape index (κ3) is 8.70. The number of hydrogen-bond acceptors (Lipinski definition) is 6. The molecule has 3 aromatic carbocycles. The van der Waals surface area contributed by atoms with Gasteiger partial charge in [-0.15, -0.1) is 4.33 Å². The van der Waals surface area contributed by atoms with Gasteiger partial charge in [0.1, 0.15) is 23.9 Å². The molecule has 11 heteroatoms. The van der Waals surface area contributed by atoms with Gasteiger partial charge in [-0.3, -0.25) is 0 Å². The maximum Gasteiger partial charge on any atom is 0.416 e. The maximum absolute atomic E-state index is 13.3. The first-order valence-corrected chi connectivity index (χ1v) is 13.5. The first kappa shape index (κ1) is 28.9. The standard InChI is InChI=1S/C14H12F3NO.C12H18FNO3S/c15-14(16,17)11-4-6-12(7-5-11)19-13-3-1-2-10(8-13)9-18;1-3-5-11-9-15-16-17-18(2,14-11)12-7-4-6-10(13)8-12/h1-8H,9,18H2;4,6-8,11,14H,3,5,9H2,1-2H3. The molecule has 202 valence electrons. The zero-order chi connectivity index (χ0) is 26.9. The quantitative estimate of drug-likeness (QED) is 0.257. The van der Waals surface area contributed by atoms with E-state index < -0.39 is 22.2 Å². The monoisotopic (exact) mass is 542 g/mol. The van der Waals surface area contributed by atoms with E-state index in [0.717, 1.165) is 35.4 Å². The molecule has 0 aromatic heterocycles. The lowest BCUT2D eigenvalue weighted by atomic mass is 10.2. The second-order valence-electron chi connectivity index (χ2n) is 8.30. The van der Waals surface area contributed by atoms with Crippen molar-refractivity contribution >= 4 is 10.5 Å². The minimum atomic E-state index is -4.34. The van der Waals surface area contributed by atoms with Crippen molar-refractivity contribution in [1.82, 2.24) is 4.72 Å². The van der Waals surface area contributed by atoms with Crippen molar-refractivity contribution in [3.05, 3.63) is 89.7 Å². The molecule has 2 unspecified atom stereocenters. The fourth-order valence-electron chi connectivity index (χ4n) is 3.45. The number of nitrogens with two attached hydrogens (primary N) is 1. The van der Waals surface area contributed by atoms with Gasteiger partial charge in [0, 0.05) is 23.7 Å². The summed E-state index contributed by atoms with van der Waals surface area (Å²) in [5, 5.41) is 4.73. The van der Waals surface area contributed by atoms with E-state index in [4.69, 9.17) is 24.7 Å². The Hall–Kier alpha value is -2.67. The molecule has 37 heavy (non-hydrogen) atoms. The third-order valence-electron chi connectivity index (χ3n) is 5.31. The Morgan fingerprint density at radius 3 is 2.41 bits per heavy atom. The van der Waals surface area contributed by atoms with E-state index in [1.807, 2.05) is 18.4 Å². The summed E-state index contributed by atoms with van der Waals surface area (Å²) in [7, 11) is -1.89. The predicted molar refractivity (Wildman–Crippen MR) is 134 cm³/mol. The van der Waals surface area contributed by atoms with E-state index in [0.29, 0.717) is 24.7 Å². The highest BCUT2D eigenvalue weighted by Crippen LogP contribution is 2.51. The predicted octanol–water partition coefficient (Wildman–Crippen LogP) is 7.06. The molecule has 3 aromatic rings. The van der Waals surface area contributed by atoms with Crippen LogP contribution in [0.2, 0.25) is 0 Å². The molecule has 1 fully saturated rings. The summed E-state index contributed by atoms with van der Waals surface area (Å²) in [5.41, 5.74) is 5.69. The topological polar surface area (TPSA) is 75.0 Å². The van der Waals surface area contributed by atoms with E-state index >= 15 is 0 Å². The van der Waals surface area contributed by atoms with Crippen LogP contribution in [-0.4, -0.2) is 18.9 Å². The SMILES string of the molecule is CCCC1COOOS(C)(c2cccc(F)c2)N1.NCc1cccc(Oc2ccc(C(F)(F)F)cc2)c1. The molecular weight excluding hydrogens is 512 g/mol. The minimum absolute atomic E-state index is 0.140. The largest absolute Gasteiger partial charge is 0.457 e. The number of hydrogen-bond donors (Lipinski definition) is 2. The van der Waals surface area contributed by atoms with Crippen LogP contribution in [0.5, 0.6) is 11.5 Å². The fourth-order valence-corrected chi connectivity index (χ4v) is 5.35. The fraction of sp³-hybridized carbons (Fsp3) is 0.308. The molecule has 1 aliphatic heterocycles. The molecule has 1 heterocycles. The van der Waals surface area contributed by atoms with Gasteiger partial charge in [-0.25, -0.2) is 14.0 Å². The molecule has 2 atom stereocenters. The number of benzene rings is 3. The van der Waals surface area contributed by atoms with Crippen LogP contribution in [0.15, 0.2) is 77.7 Å². The second kappa shape index (κ2) is 13.2. The lowest BCUT2D eigenvalue weighted by molar-refractivity contribution is -0.460.